The van der Waals surface area contributed by atoms with E-state index in [2.05, 4.69) is 4.99 Å². The predicted octanol–water partition coefficient (Wildman–Crippen LogP) is 5.13. The number of rotatable bonds is 5. The lowest BCUT2D eigenvalue weighted by atomic mass is 9.95. The van der Waals surface area contributed by atoms with Gasteiger partial charge in [0, 0.05) is 10.6 Å². The first kappa shape index (κ1) is 18.7. The Balaban J connectivity index is 3.42. The van der Waals surface area contributed by atoms with Gasteiger partial charge in [-0.05, 0) is 30.9 Å². The number of nitrogens with zero attached hydrogens (tertiary/aromatic N) is 1. The van der Waals surface area contributed by atoms with E-state index >= 15 is 0 Å². The zero-order valence-corrected chi connectivity index (χ0v) is 13.5. The van der Waals surface area contributed by atoms with Gasteiger partial charge in [0.05, 0.1) is 12.3 Å². The molecule has 0 radical (unpaired) electrons. The maximum absolute atomic E-state index is 12.9. The van der Waals surface area contributed by atoms with E-state index in [0.29, 0.717) is 23.3 Å². The zero-order chi connectivity index (χ0) is 16.9. The summed E-state index contributed by atoms with van der Waals surface area (Å²) in [6.45, 7) is 4.80. The maximum Gasteiger partial charge on any atom is 0.433 e. The van der Waals surface area contributed by atoms with E-state index in [0.717, 1.165) is 6.08 Å². The molecule has 2 nitrogen and oxygen atoms in total. The molecule has 0 aliphatic carbocycles. The minimum atomic E-state index is -4.51. The standard InChI is InChI=1S/C16H19ClF3NO/c1-4-10(3)15(21-14(5-2)16(18,19)20)12-7-6-11(9-22)8-13(12)17/h5-8,10,22H,4,9H2,1-3H3/b14-5-,21-15?. The Bertz CT molecular complexity index is 579. The van der Waals surface area contributed by atoms with Crippen LogP contribution in [0.5, 0.6) is 0 Å². The van der Waals surface area contributed by atoms with Crippen molar-refractivity contribution in [2.75, 3.05) is 0 Å². The fourth-order valence-electron chi connectivity index (χ4n) is 1.92. The van der Waals surface area contributed by atoms with Crippen LogP contribution in [0.25, 0.3) is 0 Å². The largest absolute Gasteiger partial charge is 0.433 e. The Morgan fingerprint density at radius 2 is 2.05 bits per heavy atom. The van der Waals surface area contributed by atoms with Gasteiger partial charge in [-0.15, -0.1) is 0 Å². The van der Waals surface area contributed by atoms with Crippen LogP contribution >= 0.6 is 11.6 Å². The van der Waals surface area contributed by atoms with Crippen molar-refractivity contribution in [3.8, 4) is 0 Å². The second-order valence-corrected chi connectivity index (χ2v) is 5.36. The molecule has 0 bridgehead atoms. The lowest BCUT2D eigenvalue weighted by molar-refractivity contribution is -0.0924. The van der Waals surface area contributed by atoms with Crippen molar-refractivity contribution in [1.82, 2.24) is 0 Å². The second kappa shape index (κ2) is 7.79. The maximum atomic E-state index is 12.9. The number of halogens is 4. The number of alkyl halides is 3. The molecule has 1 unspecified atom stereocenters. The highest BCUT2D eigenvalue weighted by Crippen LogP contribution is 2.30. The average molecular weight is 334 g/mol. The van der Waals surface area contributed by atoms with Crippen molar-refractivity contribution in [2.45, 2.75) is 40.0 Å². The molecule has 6 heteroatoms. The molecular formula is C16H19ClF3NO. The molecule has 22 heavy (non-hydrogen) atoms. The lowest BCUT2D eigenvalue weighted by Crippen LogP contribution is -2.17. The number of aliphatic hydroxyl groups is 1. The molecule has 0 aliphatic rings. The Morgan fingerprint density at radius 3 is 2.45 bits per heavy atom. The molecule has 0 aliphatic heterocycles. The van der Waals surface area contributed by atoms with Crippen molar-refractivity contribution in [1.29, 1.82) is 0 Å². The Labute approximate surface area is 133 Å². The van der Waals surface area contributed by atoms with E-state index < -0.39 is 11.9 Å². The molecule has 0 saturated heterocycles. The summed E-state index contributed by atoms with van der Waals surface area (Å²) in [6, 6.07) is 4.77. The van der Waals surface area contributed by atoms with E-state index in [1.54, 1.807) is 19.1 Å². The summed E-state index contributed by atoms with van der Waals surface area (Å²) in [5.41, 5.74) is 0.406. The van der Waals surface area contributed by atoms with E-state index in [9.17, 15) is 13.2 Å². The number of allylic oxidation sites excluding steroid dienone is 2. The second-order valence-electron chi connectivity index (χ2n) is 4.95. The van der Waals surface area contributed by atoms with Gasteiger partial charge in [0.15, 0.2) is 0 Å². The minimum absolute atomic E-state index is 0.182. The predicted molar refractivity (Wildman–Crippen MR) is 83.2 cm³/mol. The third-order valence-electron chi connectivity index (χ3n) is 3.38. The van der Waals surface area contributed by atoms with Gasteiger partial charge in [-0.25, -0.2) is 4.99 Å². The summed E-state index contributed by atoms with van der Waals surface area (Å²) in [5, 5.41) is 9.37. The first-order valence-electron chi connectivity index (χ1n) is 6.96. The summed E-state index contributed by atoms with van der Waals surface area (Å²) in [7, 11) is 0. The molecule has 0 heterocycles. The quantitative estimate of drug-likeness (QED) is 0.744. The van der Waals surface area contributed by atoms with Gasteiger partial charge in [-0.3, -0.25) is 0 Å². The molecule has 122 valence electrons. The minimum Gasteiger partial charge on any atom is -0.392 e. The molecule has 1 aromatic carbocycles. The summed E-state index contributed by atoms with van der Waals surface area (Å²) >= 11 is 6.15. The van der Waals surface area contributed by atoms with E-state index in [4.69, 9.17) is 16.7 Å². The molecule has 0 spiro atoms. The van der Waals surface area contributed by atoms with Gasteiger partial charge in [-0.2, -0.15) is 13.2 Å². The fraction of sp³-hybridized carbons (Fsp3) is 0.438. The molecule has 1 rings (SSSR count). The van der Waals surface area contributed by atoms with Crippen LogP contribution in [0.4, 0.5) is 13.2 Å². The normalized spacial score (nSPS) is 15.1. The monoisotopic (exact) mass is 333 g/mol. The van der Waals surface area contributed by atoms with Gasteiger partial charge in [-0.1, -0.05) is 43.7 Å². The number of hydrogen-bond donors (Lipinski definition) is 1. The van der Waals surface area contributed by atoms with Crippen LogP contribution in [0, 0.1) is 5.92 Å². The van der Waals surface area contributed by atoms with Gasteiger partial charge in [0.1, 0.15) is 5.70 Å². The third kappa shape index (κ3) is 4.58. The van der Waals surface area contributed by atoms with Crippen molar-refractivity contribution >= 4 is 17.3 Å². The molecule has 1 aromatic rings. The number of hydrogen-bond acceptors (Lipinski definition) is 2. The Kier molecular flexibility index (Phi) is 6.63. The SMILES string of the molecule is C/C=C(\N=C(c1ccc(CO)cc1Cl)C(C)CC)C(F)(F)F. The van der Waals surface area contributed by atoms with Crippen LogP contribution in [0.3, 0.4) is 0 Å². The molecule has 0 saturated carbocycles. The smallest absolute Gasteiger partial charge is 0.392 e. The average Bonchev–Trinajstić information content (AvgIpc) is 2.47. The van der Waals surface area contributed by atoms with Crippen LogP contribution in [0.15, 0.2) is 35.0 Å². The van der Waals surface area contributed by atoms with Crippen LogP contribution in [-0.4, -0.2) is 17.0 Å². The zero-order valence-electron chi connectivity index (χ0n) is 12.7. The molecule has 1 N–H and O–H groups in total. The van der Waals surface area contributed by atoms with E-state index in [1.807, 2.05) is 6.92 Å². The molecular weight excluding hydrogens is 315 g/mol. The van der Waals surface area contributed by atoms with Gasteiger partial charge >= 0.3 is 6.18 Å². The highest BCUT2D eigenvalue weighted by Gasteiger charge is 2.34. The fourth-order valence-corrected chi connectivity index (χ4v) is 2.22. The number of benzene rings is 1. The summed E-state index contributed by atoms with van der Waals surface area (Å²) in [5.74, 6) is -0.185. The highest BCUT2D eigenvalue weighted by atomic mass is 35.5. The number of aliphatic imine (C=N–C) groups is 1. The summed E-state index contributed by atoms with van der Waals surface area (Å²) in [6.07, 6.45) is -2.94. The lowest BCUT2D eigenvalue weighted by Gasteiger charge is -2.17. The molecule has 1 atom stereocenters. The van der Waals surface area contributed by atoms with E-state index in [-0.39, 0.29) is 17.5 Å². The van der Waals surface area contributed by atoms with Crippen LogP contribution in [0.1, 0.15) is 38.3 Å². The van der Waals surface area contributed by atoms with Crippen LogP contribution in [0.2, 0.25) is 5.02 Å². The summed E-state index contributed by atoms with van der Waals surface area (Å²) in [4.78, 5) is 3.83. The van der Waals surface area contributed by atoms with E-state index in [1.165, 1.54) is 13.0 Å². The van der Waals surface area contributed by atoms with Crippen molar-refractivity contribution in [2.24, 2.45) is 10.9 Å². The first-order chi connectivity index (χ1) is 10.2. The topological polar surface area (TPSA) is 32.6 Å². The Morgan fingerprint density at radius 1 is 1.41 bits per heavy atom. The van der Waals surface area contributed by atoms with Gasteiger partial charge < -0.3 is 5.11 Å². The van der Waals surface area contributed by atoms with Crippen molar-refractivity contribution < 1.29 is 18.3 Å². The van der Waals surface area contributed by atoms with Gasteiger partial charge in [0.2, 0.25) is 0 Å². The Hall–Kier alpha value is -1.33. The van der Waals surface area contributed by atoms with Crippen LogP contribution in [-0.2, 0) is 6.61 Å². The highest BCUT2D eigenvalue weighted by molar-refractivity contribution is 6.34. The molecule has 0 fully saturated rings. The summed E-state index contributed by atoms with van der Waals surface area (Å²) < 4.78 is 38.8. The third-order valence-corrected chi connectivity index (χ3v) is 3.69. The van der Waals surface area contributed by atoms with Crippen LogP contribution < -0.4 is 0 Å². The first-order valence-corrected chi connectivity index (χ1v) is 7.34. The van der Waals surface area contributed by atoms with Crippen molar-refractivity contribution in [3.63, 3.8) is 0 Å². The van der Waals surface area contributed by atoms with Crippen molar-refractivity contribution in [3.05, 3.63) is 46.1 Å². The molecule has 0 amide bonds. The van der Waals surface area contributed by atoms with Gasteiger partial charge in [0.25, 0.3) is 0 Å². The molecule has 0 aromatic heterocycles. The number of aliphatic hydroxyl groups excluding tert-OH is 1.